The minimum absolute atomic E-state index is 0.0222. The van der Waals surface area contributed by atoms with Crippen LogP contribution in [-0.4, -0.2) is 148 Å². The standard InChI is InChI=1S/C30H52N9O14P/c1-16(2)9-20(36-30(46)23-11-19(52-32)13-39(23)24(41)5-6-51-8-7-50-4)27(43)35-21(10-18-12-33-15-34-18)28(44)37-22(14-40)29(45)38-25(26(31)42)17(3)53-54(47,48)49/h12,15-17,19-23,25,40H,5-11,13-14,32H2,1-4H3,(H2,31,42)(H,33,34)(H,35,43)(H,36,46)(H,37,44)(H,38,45)(H2,47,48,49)/t17?,19-,20+,21+,22+,23+,25+/m1/s1. The Hall–Kier alpha value is -4.06. The average molecular weight is 794 g/mol. The van der Waals surface area contributed by atoms with Crippen molar-refractivity contribution in [3.63, 3.8) is 0 Å². The van der Waals surface area contributed by atoms with Gasteiger partial charge in [0.2, 0.25) is 35.4 Å². The molecule has 23 nitrogen and oxygen atoms in total. The van der Waals surface area contributed by atoms with Gasteiger partial charge in [0.05, 0.1) is 51.4 Å². The number of aromatic amines is 1. The van der Waals surface area contributed by atoms with E-state index in [1.165, 1.54) is 24.5 Å². The molecule has 2 heterocycles. The molecule has 1 unspecified atom stereocenters. The Morgan fingerprint density at radius 1 is 1.00 bits per heavy atom. The number of nitrogens with two attached hydrogens (primary N) is 2. The number of rotatable bonds is 24. The maximum absolute atomic E-state index is 13.8. The van der Waals surface area contributed by atoms with Crippen molar-refractivity contribution in [2.75, 3.05) is 40.1 Å². The molecular weight excluding hydrogens is 741 g/mol. The predicted octanol–water partition coefficient (Wildman–Crippen LogP) is -4.17. The summed E-state index contributed by atoms with van der Waals surface area (Å²) in [5, 5.41) is 19.6. The van der Waals surface area contributed by atoms with Crippen LogP contribution in [0.25, 0.3) is 0 Å². The van der Waals surface area contributed by atoms with Gasteiger partial charge in [-0.1, -0.05) is 13.8 Å². The molecule has 1 aromatic heterocycles. The van der Waals surface area contributed by atoms with Gasteiger partial charge in [0.1, 0.15) is 30.2 Å². The second kappa shape index (κ2) is 22.4. The summed E-state index contributed by atoms with van der Waals surface area (Å²) in [7, 11) is -3.60. The second-order valence-electron chi connectivity index (χ2n) is 12.9. The normalized spacial score (nSPS) is 18.6. The van der Waals surface area contributed by atoms with Gasteiger partial charge in [-0.05, 0) is 19.3 Å². The van der Waals surface area contributed by atoms with Gasteiger partial charge in [0.25, 0.3) is 0 Å². The number of likely N-dealkylation sites (tertiary alicyclic amines) is 1. The van der Waals surface area contributed by atoms with Gasteiger partial charge in [-0.3, -0.25) is 38.1 Å². The number of primary amides is 1. The molecule has 0 aromatic carbocycles. The zero-order chi connectivity index (χ0) is 40.6. The number of imidazole rings is 1. The number of nitrogens with one attached hydrogen (secondary N) is 5. The first-order valence-electron chi connectivity index (χ1n) is 16.9. The third-order valence-electron chi connectivity index (χ3n) is 8.12. The average Bonchev–Trinajstić information content (AvgIpc) is 3.78. The first-order chi connectivity index (χ1) is 25.4. The van der Waals surface area contributed by atoms with E-state index in [4.69, 9.17) is 35.7 Å². The number of carbonyl (C=O) groups excluding carboxylic acids is 6. The predicted molar refractivity (Wildman–Crippen MR) is 185 cm³/mol. The van der Waals surface area contributed by atoms with Crippen LogP contribution in [0.3, 0.4) is 0 Å². The molecule has 1 aliphatic heterocycles. The van der Waals surface area contributed by atoms with Crippen molar-refractivity contribution >= 4 is 43.3 Å². The molecule has 7 atom stereocenters. The van der Waals surface area contributed by atoms with Crippen LogP contribution in [-0.2, 0) is 58.6 Å². The molecule has 0 spiro atoms. The molecule has 1 fully saturated rings. The monoisotopic (exact) mass is 793 g/mol. The third-order valence-corrected chi connectivity index (χ3v) is 8.72. The summed E-state index contributed by atoms with van der Waals surface area (Å²) in [4.78, 5) is 110. The highest BCUT2D eigenvalue weighted by atomic mass is 31.2. The van der Waals surface area contributed by atoms with E-state index < -0.39 is 92.3 Å². The van der Waals surface area contributed by atoms with Crippen LogP contribution in [0.1, 0.15) is 45.7 Å². The Kier molecular flexibility index (Phi) is 19.1. The Bertz CT molecular complexity index is 1450. The number of aliphatic hydroxyl groups is 1. The van der Waals surface area contributed by atoms with E-state index in [0.29, 0.717) is 12.3 Å². The number of phosphoric acid groups is 1. The maximum Gasteiger partial charge on any atom is 0.469 e. The van der Waals surface area contributed by atoms with Crippen molar-refractivity contribution in [2.24, 2.45) is 17.5 Å². The molecule has 306 valence electrons. The van der Waals surface area contributed by atoms with Crippen LogP contribution in [0.2, 0.25) is 0 Å². The van der Waals surface area contributed by atoms with Crippen molar-refractivity contribution in [3.05, 3.63) is 18.2 Å². The van der Waals surface area contributed by atoms with Crippen LogP contribution < -0.4 is 32.9 Å². The topological polar surface area (TPSA) is 349 Å². The lowest BCUT2D eigenvalue weighted by Gasteiger charge is -2.28. The number of carbonyl (C=O) groups is 6. The van der Waals surface area contributed by atoms with Crippen LogP contribution in [0.5, 0.6) is 0 Å². The molecule has 0 saturated carbocycles. The Balaban J connectivity index is 2.24. The summed E-state index contributed by atoms with van der Waals surface area (Å²) in [5.41, 5.74) is 5.65. The summed E-state index contributed by atoms with van der Waals surface area (Å²) in [6.07, 6.45) is 0.324. The SMILES string of the molecule is COCCOCCC(=O)N1C[C@H](ON)C[C@H]1C(=O)N[C@@H](CC(C)C)C(=O)N[C@@H](Cc1cnc[nH]1)C(=O)N[C@@H](CO)C(=O)N[C@H](C(N)=O)C(C)OP(=O)(O)O. The highest BCUT2D eigenvalue weighted by Gasteiger charge is 2.41. The number of nitrogens with zero attached hydrogens (tertiary/aromatic N) is 2. The molecular formula is C30H52N9O14P. The highest BCUT2D eigenvalue weighted by Crippen LogP contribution is 2.38. The Morgan fingerprint density at radius 2 is 1.65 bits per heavy atom. The molecule has 2 rings (SSSR count). The van der Waals surface area contributed by atoms with Crippen molar-refractivity contribution < 1.29 is 67.1 Å². The fourth-order valence-corrected chi connectivity index (χ4v) is 6.01. The first kappa shape index (κ1) is 46.1. The lowest BCUT2D eigenvalue weighted by atomic mass is 10.0. The number of hydrogen-bond donors (Lipinski definition) is 10. The molecule has 1 aliphatic rings. The van der Waals surface area contributed by atoms with Gasteiger partial charge < -0.3 is 61.3 Å². The van der Waals surface area contributed by atoms with E-state index in [1.54, 1.807) is 13.8 Å². The summed E-state index contributed by atoms with van der Waals surface area (Å²) in [5.74, 6) is -0.0285. The first-order valence-corrected chi connectivity index (χ1v) is 18.5. The van der Waals surface area contributed by atoms with Crippen LogP contribution in [0.4, 0.5) is 0 Å². The van der Waals surface area contributed by atoms with Crippen molar-refractivity contribution in [3.8, 4) is 0 Å². The number of amides is 6. The zero-order valence-corrected chi connectivity index (χ0v) is 31.4. The molecule has 54 heavy (non-hydrogen) atoms. The van der Waals surface area contributed by atoms with Crippen LogP contribution in [0.15, 0.2) is 12.5 Å². The molecule has 12 N–H and O–H groups in total. The van der Waals surface area contributed by atoms with Gasteiger partial charge in [-0.25, -0.2) is 15.4 Å². The van der Waals surface area contributed by atoms with Crippen molar-refractivity contribution in [1.82, 2.24) is 36.1 Å². The number of phosphoric ester groups is 1. The summed E-state index contributed by atoms with van der Waals surface area (Å²) in [6.45, 7) is 4.33. The minimum atomic E-state index is -5.11. The molecule has 0 bridgehead atoms. The minimum Gasteiger partial charge on any atom is -0.394 e. The molecule has 24 heteroatoms. The van der Waals surface area contributed by atoms with Gasteiger partial charge in [-0.15, -0.1) is 0 Å². The molecule has 0 radical (unpaired) electrons. The third kappa shape index (κ3) is 15.4. The lowest BCUT2D eigenvalue weighted by Crippen LogP contribution is -2.61. The smallest absolute Gasteiger partial charge is 0.394 e. The summed E-state index contributed by atoms with van der Waals surface area (Å²) in [6, 6.07) is -7.23. The number of hydrogen-bond acceptors (Lipinski definition) is 14. The van der Waals surface area contributed by atoms with E-state index in [-0.39, 0.29) is 51.4 Å². The van der Waals surface area contributed by atoms with E-state index in [1.807, 2.05) is 0 Å². The van der Waals surface area contributed by atoms with Crippen LogP contribution in [0, 0.1) is 5.92 Å². The summed E-state index contributed by atoms with van der Waals surface area (Å²) >= 11 is 0. The molecule has 1 aromatic rings. The van der Waals surface area contributed by atoms with E-state index in [2.05, 4.69) is 35.8 Å². The van der Waals surface area contributed by atoms with E-state index in [9.17, 15) is 38.4 Å². The fourth-order valence-electron chi connectivity index (χ4n) is 5.45. The lowest BCUT2D eigenvalue weighted by molar-refractivity contribution is -0.140. The number of ether oxygens (including phenoxy) is 2. The number of aliphatic hydroxyl groups excluding tert-OH is 1. The number of methoxy groups -OCH3 is 1. The van der Waals surface area contributed by atoms with Crippen molar-refractivity contribution in [2.45, 2.75) is 88.9 Å². The zero-order valence-electron chi connectivity index (χ0n) is 30.5. The number of H-pyrrole nitrogens is 1. The molecule has 0 aliphatic carbocycles. The largest absolute Gasteiger partial charge is 0.469 e. The van der Waals surface area contributed by atoms with Gasteiger partial charge in [-0.2, -0.15) is 0 Å². The van der Waals surface area contributed by atoms with Crippen molar-refractivity contribution in [1.29, 1.82) is 0 Å². The summed E-state index contributed by atoms with van der Waals surface area (Å²) < 4.78 is 26.0. The van der Waals surface area contributed by atoms with Gasteiger partial charge in [0.15, 0.2) is 0 Å². The Labute approximate surface area is 311 Å². The second-order valence-corrected chi connectivity index (χ2v) is 14.1. The Morgan fingerprint density at radius 3 is 2.20 bits per heavy atom. The van der Waals surface area contributed by atoms with E-state index >= 15 is 0 Å². The molecule has 1 saturated heterocycles. The quantitative estimate of drug-likeness (QED) is 0.0270. The maximum atomic E-state index is 13.8. The molecule has 6 amide bonds. The van der Waals surface area contributed by atoms with Crippen LogP contribution >= 0.6 is 7.82 Å². The van der Waals surface area contributed by atoms with Gasteiger partial charge >= 0.3 is 7.82 Å². The number of aromatic nitrogens is 2. The highest BCUT2D eigenvalue weighted by molar-refractivity contribution is 7.46. The fraction of sp³-hybridized carbons (Fsp3) is 0.700. The van der Waals surface area contributed by atoms with Gasteiger partial charge in [0, 0.05) is 38.4 Å². The van der Waals surface area contributed by atoms with E-state index in [0.717, 1.165) is 6.92 Å².